The molecule has 2 amide bonds. The molecule has 0 unspecified atom stereocenters. The van der Waals surface area contributed by atoms with Crippen LogP contribution in [0.4, 0.5) is 10.5 Å². The lowest BCUT2D eigenvalue weighted by Gasteiger charge is -2.35. The normalized spacial score (nSPS) is 16.6. The molecule has 26 heavy (non-hydrogen) atoms. The number of carbonyl (C=O) groups is 1. The van der Waals surface area contributed by atoms with Crippen LogP contribution in [0, 0.1) is 6.92 Å². The Morgan fingerprint density at radius 1 is 1.27 bits per heavy atom. The molecular weight excluding hydrogens is 346 g/mol. The van der Waals surface area contributed by atoms with E-state index >= 15 is 0 Å². The molecule has 0 radical (unpaired) electrons. The number of anilines is 1. The summed E-state index contributed by atoms with van der Waals surface area (Å²) in [6.07, 6.45) is 1.72. The highest BCUT2D eigenvalue weighted by Crippen LogP contribution is 2.36. The number of para-hydroxylation sites is 1. The Kier molecular flexibility index (Phi) is 4.37. The molecule has 0 fully saturated rings. The zero-order valence-corrected chi connectivity index (χ0v) is 15.7. The molecule has 0 spiro atoms. The van der Waals surface area contributed by atoms with Gasteiger partial charge in [-0.3, -0.25) is 0 Å². The van der Waals surface area contributed by atoms with Gasteiger partial charge in [-0.1, -0.05) is 42.8 Å². The third kappa shape index (κ3) is 2.74. The summed E-state index contributed by atoms with van der Waals surface area (Å²) in [5.74, 6) is 0. The number of nitrogens with zero attached hydrogens (tertiary/aromatic N) is 1. The van der Waals surface area contributed by atoms with Crippen LogP contribution in [-0.4, -0.2) is 22.5 Å². The van der Waals surface area contributed by atoms with Crippen LogP contribution in [-0.2, 0) is 6.42 Å². The average molecular weight is 368 g/mol. The summed E-state index contributed by atoms with van der Waals surface area (Å²) in [6.45, 7) is 4.75. The summed E-state index contributed by atoms with van der Waals surface area (Å²) >= 11 is 6.18. The molecule has 1 aliphatic rings. The van der Waals surface area contributed by atoms with Crippen LogP contribution in [0.15, 0.2) is 42.5 Å². The number of hydrogen-bond donors (Lipinski definition) is 2. The minimum absolute atomic E-state index is 0.0469. The molecule has 0 saturated carbocycles. The van der Waals surface area contributed by atoms with Gasteiger partial charge < -0.3 is 15.2 Å². The van der Waals surface area contributed by atoms with Gasteiger partial charge in [0.1, 0.15) is 0 Å². The van der Waals surface area contributed by atoms with Crippen LogP contribution >= 0.6 is 11.6 Å². The number of halogens is 1. The monoisotopic (exact) mass is 367 g/mol. The SMILES string of the molecule is CC[C@@H]1c2[nH]c3ccccc3c2CCN1C(=O)Nc1cccc(Cl)c1C. The highest BCUT2D eigenvalue weighted by Gasteiger charge is 2.32. The maximum Gasteiger partial charge on any atom is 0.322 e. The Morgan fingerprint density at radius 3 is 2.88 bits per heavy atom. The zero-order valence-electron chi connectivity index (χ0n) is 15.0. The molecule has 3 aromatic rings. The summed E-state index contributed by atoms with van der Waals surface area (Å²) in [7, 11) is 0. The van der Waals surface area contributed by atoms with Gasteiger partial charge in [0.05, 0.1) is 6.04 Å². The summed E-state index contributed by atoms with van der Waals surface area (Å²) < 4.78 is 0. The van der Waals surface area contributed by atoms with Crippen molar-refractivity contribution < 1.29 is 4.79 Å². The smallest absolute Gasteiger partial charge is 0.322 e. The molecule has 0 saturated heterocycles. The molecule has 4 rings (SSSR count). The van der Waals surface area contributed by atoms with E-state index < -0.39 is 0 Å². The number of amides is 2. The molecule has 0 aliphatic carbocycles. The lowest BCUT2D eigenvalue weighted by molar-refractivity contribution is 0.179. The zero-order chi connectivity index (χ0) is 18.3. The van der Waals surface area contributed by atoms with E-state index in [-0.39, 0.29) is 12.1 Å². The summed E-state index contributed by atoms with van der Waals surface area (Å²) in [5.41, 5.74) is 5.30. The maximum absolute atomic E-state index is 13.0. The molecule has 2 aromatic carbocycles. The average Bonchev–Trinajstić information content (AvgIpc) is 3.03. The highest BCUT2D eigenvalue weighted by molar-refractivity contribution is 6.31. The number of urea groups is 1. The lowest BCUT2D eigenvalue weighted by atomic mass is 9.96. The van der Waals surface area contributed by atoms with Gasteiger partial charge in [0, 0.05) is 33.9 Å². The molecule has 1 atom stereocenters. The van der Waals surface area contributed by atoms with E-state index in [1.54, 1.807) is 0 Å². The van der Waals surface area contributed by atoms with Gasteiger partial charge in [0.25, 0.3) is 0 Å². The molecule has 5 heteroatoms. The van der Waals surface area contributed by atoms with Gasteiger partial charge in [0.15, 0.2) is 0 Å². The van der Waals surface area contributed by atoms with Crippen LogP contribution in [0.5, 0.6) is 0 Å². The van der Waals surface area contributed by atoms with E-state index in [4.69, 9.17) is 11.6 Å². The minimum Gasteiger partial charge on any atom is -0.356 e. The Labute approximate surface area is 158 Å². The van der Waals surface area contributed by atoms with Crippen LogP contribution in [0.3, 0.4) is 0 Å². The molecule has 2 N–H and O–H groups in total. The first-order valence-electron chi connectivity index (χ1n) is 9.02. The van der Waals surface area contributed by atoms with E-state index in [0.717, 1.165) is 35.3 Å². The number of aromatic amines is 1. The summed E-state index contributed by atoms with van der Waals surface area (Å²) in [6, 6.07) is 13.9. The predicted octanol–water partition coefficient (Wildman–Crippen LogP) is 5.67. The van der Waals surface area contributed by atoms with Gasteiger partial charge in [-0.15, -0.1) is 0 Å². The third-order valence-corrected chi connectivity index (χ3v) is 5.73. The second-order valence-corrected chi connectivity index (χ2v) is 7.18. The number of hydrogen-bond acceptors (Lipinski definition) is 1. The van der Waals surface area contributed by atoms with Crippen molar-refractivity contribution in [3.05, 3.63) is 64.3 Å². The molecular formula is C21H22ClN3O. The lowest BCUT2D eigenvalue weighted by Crippen LogP contribution is -2.42. The molecule has 1 aliphatic heterocycles. The Morgan fingerprint density at radius 2 is 2.08 bits per heavy atom. The van der Waals surface area contributed by atoms with Crippen LogP contribution < -0.4 is 5.32 Å². The second kappa shape index (κ2) is 6.69. The molecule has 4 nitrogen and oxygen atoms in total. The van der Waals surface area contributed by atoms with Gasteiger partial charge in [0.2, 0.25) is 0 Å². The van der Waals surface area contributed by atoms with Crippen molar-refractivity contribution in [1.82, 2.24) is 9.88 Å². The van der Waals surface area contributed by atoms with Gasteiger partial charge in [-0.05, 0) is 49.1 Å². The van der Waals surface area contributed by atoms with Crippen LogP contribution in [0.2, 0.25) is 5.02 Å². The fourth-order valence-electron chi connectivity index (χ4n) is 3.92. The van der Waals surface area contributed by atoms with E-state index in [1.807, 2.05) is 36.1 Å². The first-order valence-corrected chi connectivity index (χ1v) is 9.40. The maximum atomic E-state index is 13.0. The number of nitrogens with one attached hydrogen (secondary N) is 2. The van der Waals surface area contributed by atoms with Crippen molar-refractivity contribution in [2.45, 2.75) is 32.7 Å². The van der Waals surface area contributed by atoms with Gasteiger partial charge >= 0.3 is 6.03 Å². The van der Waals surface area contributed by atoms with E-state index in [1.165, 1.54) is 10.9 Å². The van der Waals surface area contributed by atoms with Crippen molar-refractivity contribution in [2.24, 2.45) is 0 Å². The Hall–Kier alpha value is -2.46. The van der Waals surface area contributed by atoms with Crippen molar-refractivity contribution in [2.75, 3.05) is 11.9 Å². The Bertz CT molecular complexity index is 979. The molecule has 134 valence electrons. The fourth-order valence-corrected chi connectivity index (χ4v) is 4.09. The van der Waals surface area contributed by atoms with Crippen LogP contribution in [0.25, 0.3) is 10.9 Å². The number of rotatable bonds is 2. The first-order chi connectivity index (χ1) is 12.6. The van der Waals surface area contributed by atoms with Crippen molar-refractivity contribution in [1.29, 1.82) is 0 Å². The number of benzene rings is 2. The fraction of sp³-hybridized carbons (Fsp3) is 0.286. The predicted molar refractivity (Wildman–Crippen MR) is 107 cm³/mol. The number of fused-ring (bicyclic) bond motifs is 3. The molecule has 0 bridgehead atoms. The van der Waals surface area contributed by atoms with Crippen molar-refractivity contribution in [3.63, 3.8) is 0 Å². The topological polar surface area (TPSA) is 48.1 Å². The van der Waals surface area contributed by atoms with Crippen LogP contribution in [0.1, 0.15) is 36.2 Å². The Balaban J connectivity index is 1.65. The van der Waals surface area contributed by atoms with E-state index in [9.17, 15) is 4.79 Å². The standard InChI is InChI=1S/C21H22ClN3O/c1-3-19-20-15(14-7-4-5-9-18(14)23-20)11-12-25(19)21(26)24-17-10-6-8-16(22)13(17)2/h4-10,19,23H,3,11-12H2,1-2H3,(H,24,26)/t19-/m1/s1. The highest BCUT2D eigenvalue weighted by atomic mass is 35.5. The van der Waals surface area contributed by atoms with Crippen molar-refractivity contribution in [3.8, 4) is 0 Å². The van der Waals surface area contributed by atoms with E-state index in [2.05, 4.69) is 35.4 Å². The summed E-state index contributed by atoms with van der Waals surface area (Å²) in [5, 5.41) is 4.97. The molecule has 2 heterocycles. The minimum atomic E-state index is -0.0773. The van der Waals surface area contributed by atoms with Gasteiger partial charge in [-0.2, -0.15) is 0 Å². The van der Waals surface area contributed by atoms with Crippen molar-refractivity contribution >= 4 is 34.2 Å². The van der Waals surface area contributed by atoms with E-state index in [0.29, 0.717) is 11.6 Å². The number of carbonyl (C=O) groups excluding carboxylic acids is 1. The largest absolute Gasteiger partial charge is 0.356 e. The third-order valence-electron chi connectivity index (χ3n) is 5.32. The number of aromatic nitrogens is 1. The number of H-pyrrole nitrogens is 1. The quantitative estimate of drug-likeness (QED) is 0.602. The molecule has 1 aromatic heterocycles. The first kappa shape index (κ1) is 17.0. The van der Waals surface area contributed by atoms with Gasteiger partial charge in [-0.25, -0.2) is 4.79 Å². The second-order valence-electron chi connectivity index (χ2n) is 6.77. The summed E-state index contributed by atoms with van der Waals surface area (Å²) in [4.78, 5) is 18.5.